The first kappa shape index (κ1) is 13.1. The molecule has 0 spiro atoms. The Morgan fingerprint density at radius 2 is 1.86 bits per heavy atom. The van der Waals surface area contributed by atoms with Gasteiger partial charge >= 0.3 is 0 Å². The first-order chi connectivity index (χ1) is 10.3. The van der Waals surface area contributed by atoms with Crippen molar-refractivity contribution >= 4 is 0 Å². The first-order valence-corrected chi connectivity index (χ1v) is 8.21. The molecule has 1 aliphatic heterocycles. The Kier molecular flexibility index (Phi) is 3.30. The molecule has 3 nitrogen and oxygen atoms in total. The molecule has 2 aromatic rings. The number of aryl methyl sites for hydroxylation is 1. The monoisotopic (exact) mass is 281 g/mol. The van der Waals surface area contributed by atoms with Crippen molar-refractivity contribution in [2.75, 3.05) is 13.1 Å². The maximum atomic E-state index is 5.01. The van der Waals surface area contributed by atoms with Crippen LogP contribution >= 0.6 is 0 Å². The van der Waals surface area contributed by atoms with Crippen molar-refractivity contribution < 1.29 is 0 Å². The van der Waals surface area contributed by atoms with Crippen LogP contribution < -0.4 is 5.32 Å². The van der Waals surface area contributed by atoms with Crippen molar-refractivity contribution in [1.82, 2.24) is 15.1 Å². The fourth-order valence-electron chi connectivity index (χ4n) is 3.44. The molecular formula is C18H23N3. The highest BCUT2D eigenvalue weighted by Gasteiger charge is 2.27. The molecule has 0 saturated heterocycles. The smallest absolute Gasteiger partial charge is 0.0720 e. The predicted molar refractivity (Wildman–Crippen MR) is 85.6 cm³/mol. The minimum atomic E-state index is 0.626. The second-order valence-electron chi connectivity index (χ2n) is 6.42. The molecule has 0 amide bonds. The molecule has 1 fully saturated rings. The van der Waals surface area contributed by atoms with Gasteiger partial charge in [-0.15, -0.1) is 0 Å². The van der Waals surface area contributed by atoms with Crippen molar-refractivity contribution in [1.29, 1.82) is 0 Å². The van der Waals surface area contributed by atoms with Gasteiger partial charge in [-0.3, -0.25) is 4.68 Å². The molecule has 0 radical (unpaired) electrons. The third-order valence-corrected chi connectivity index (χ3v) is 4.93. The normalized spacial score (nSPS) is 18.9. The van der Waals surface area contributed by atoms with Crippen LogP contribution in [0.25, 0.3) is 11.3 Å². The second-order valence-corrected chi connectivity index (χ2v) is 6.42. The van der Waals surface area contributed by atoms with E-state index < -0.39 is 0 Å². The molecule has 110 valence electrons. The summed E-state index contributed by atoms with van der Waals surface area (Å²) in [4.78, 5) is 0. The molecule has 2 aliphatic rings. The molecule has 1 N–H and O–H groups in total. The predicted octanol–water partition coefficient (Wildman–Crippen LogP) is 3.27. The molecule has 4 rings (SSSR count). The maximum absolute atomic E-state index is 5.01. The van der Waals surface area contributed by atoms with Crippen LogP contribution in [0.2, 0.25) is 0 Å². The van der Waals surface area contributed by atoms with Gasteiger partial charge in [0.2, 0.25) is 0 Å². The Hall–Kier alpha value is -1.61. The summed E-state index contributed by atoms with van der Waals surface area (Å²) < 4.78 is 2.35. The zero-order valence-corrected chi connectivity index (χ0v) is 12.7. The molecule has 3 heteroatoms. The fourth-order valence-corrected chi connectivity index (χ4v) is 3.44. The lowest BCUT2D eigenvalue weighted by molar-refractivity contribution is 0.290. The van der Waals surface area contributed by atoms with E-state index in [1.807, 2.05) is 0 Å². The van der Waals surface area contributed by atoms with Crippen molar-refractivity contribution in [2.24, 2.45) is 0 Å². The summed E-state index contributed by atoms with van der Waals surface area (Å²) in [7, 11) is 0. The number of nitrogens with zero attached hydrogens (tertiary/aromatic N) is 2. The topological polar surface area (TPSA) is 29.9 Å². The van der Waals surface area contributed by atoms with Gasteiger partial charge < -0.3 is 5.32 Å². The van der Waals surface area contributed by atoms with Gasteiger partial charge in [-0.1, -0.05) is 29.8 Å². The average molecular weight is 281 g/mol. The third-order valence-electron chi connectivity index (χ3n) is 4.93. The van der Waals surface area contributed by atoms with E-state index in [1.54, 1.807) is 0 Å². The molecule has 0 atom stereocenters. The van der Waals surface area contributed by atoms with Gasteiger partial charge in [0.05, 0.1) is 17.4 Å². The quantitative estimate of drug-likeness (QED) is 0.915. The minimum Gasteiger partial charge on any atom is -0.316 e. The van der Waals surface area contributed by atoms with Crippen LogP contribution in [0.15, 0.2) is 24.3 Å². The average Bonchev–Trinajstić information content (AvgIpc) is 2.62. The summed E-state index contributed by atoms with van der Waals surface area (Å²) in [5.74, 6) is 0. The van der Waals surface area contributed by atoms with E-state index in [4.69, 9.17) is 5.10 Å². The fraction of sp³-hybridized carbons (Fsp3) is 0.500. The number of hydrogen-bond acceptors (Lipinski definition) is 2. The highest BCUT2D eigenvalue weighted by molar-refractivity contribution is 5.65. The van der Waals surface area contributed by atoms with Gasteiger partial charge in [-0.05, 0) is 39.2 Å². The van der Waals surface area contributed by atoms with Crippen LogP contribution in [-0.4, -0.2) is 22.9 Å². The third kappa shape index (κ3) is 2.30. The Balaban J connectivity index is 1.85. The Morgan fingerprint density at radius 1 is 1.10 bits per heavy atom. The van der Waals surface area contributed by atoms with Gasteiger partial charge in [0.15, 0.2) is 0 Å². The van der Waals surface area contributed by atoms with E-state index in [0.29, 0.717) is 6.04 Å². The molecule has 1 saturated carbocycles. The van der Waals surface area contributed by atoms with Crippen LogP contribution in [-0.2, 0) is 12.8 Å². The number of nitrogens with one attached hydrogen (secondary N) is 1. The van der Waals surface area contributed by atoms with E-state index in [1.165, 1.54) is 47.3 Å². The molecule has 0 bridgehead atoms. The lowest BCUT2D eigenvalue weighted by atomic mass is 9.92. The highest BCUT2D eigenvalue weighted by atomic mass is 15.3. The largest absolute Gasteiger partial charge is 0.316 e. The number of hydrogen-bond donors (Lipinski definition) is 1. The second kappa shape index (κ2) is 5.30. The van der Waals surface area contributed by atoms with E-state index >= 15 is 0 Å². The van der Waals surface area contributed by atoms with Crippen LogP contribution in [0.4, 0.5) is 0 Å². The van der Waals surface area contributed by atoms with E-state index in [-0.39, 0.29) is 0 Å². The van der Waals surface area contributed by atoms with Gasteiger partial charge in [0.25, 0.3) is 0 Å². The number of rotatable bonds is 2. The Labute approximate surface area is 126 Å². The molecule has 2 heterocycles. The van der Waals surface area contributed by atoms with E-state index in [0.717, 1.165) is 25.9 Å². The molecule has 1 aliphatic carbocycles. The number of aromatic nitrogens is 2. The van der Waals surface area contributed by atoms with Gasteiger partial charge in [-0.2, -0.15) is 5.10 Å². The number of benzene rings is 1. The summed E-state index contributed by atoms with van der Waals surface area (Å²) >= 11 is 0. The Morgan fingerprint density at radius 3 is 2.57 bits per heavy atom. The lowest BCUT2D eigenvalue weighted by Gasteiger charge is -2.28. The van der Waals surface area contributed by atoms with E-state index in [2.05, 4.69) is 41.2 Å². The van der Waals surface area contributed by atoms with Gasteiger partial charge in [0.1, 0.15) is 0 Å². The van der Waals surface area contributed by atoms with Crippen molar-refractivity contribution in [2.45, 2.75) is 45.1 Å². The molecule has 0 unspecified atom stereocenters. The summed E-state index contributed by atoms with van der Waals surface area (Å²) in [5, 5.41) is 8.50. The summed E-state index contributed by atoms with van der Waals surface area (Å²) in [6.45, 7) is 4.28. The highest BCUT2D eigenvalue weighted by Crippen LogP contribution is 2.38. The molecular weight excluding hydrogens is 258 g/mol. The first-order valence-electron chi connectivity index (χ1n) is 8.21. The van der Waals surface area contributed by atoms with Crippen LogP contribution in [0.3, 0.4) is 0 Å². The molecule has 1 aromatic heterocycles. The van der Waals surface area contributed by atoms with Crippen molar-refractivity contribution in [3.8, 4) is 11.3 Å². The van der Waals surface area contributed by atoms with Crippen molar-refractivity contribution in [3.05, 3.63) is 41.1 Å². The molecule has 21 heavy (non-hydrogen) atoms. The number of fused-ring (bicyclic) bond motifs is 1. The zero-order chi connectivity index (χ0) is 14.2. The van der Waals surface area contributed by atoms with Crippen LogP contribution in [0.5, 0.6) is 0 Å². The summed E-state index contributed by atoms with van der Waals surface area (Å²) in [6.07, 6.45) is 6.10. The maximum Gasteiger partial charge on any atom is 0.0720 e. The van der Waals surface area contributed by atoms with Crippen LogP contribution in [0.1, 0.15) is 42.1 Å². The summed E-state index contributed by atoms with van der Waals surface area (Å²) in [6, 6.07) is 9.59. The SMILES string of the molecule is Cc1ccc(-c2c3c(nn2C2CCC2)CCNCC3)cc1. The Bertz CT molecular complexity index is 635. The lowest BCUT2D eigenvalue weighted by Crippen LogP contribution is -2.21. The summed E-state index contributed by atoms with van der Waals surface area (Å²) in [5.41, 5.74) is 6.85. The van der Waals surface area contributed by atoms with Crippen LogP contribution in [0, 0.1) is 6.92 Å². The van der Waals surface area contributed by atoms with E-state index in [9.17, 15) is 0 Å². The van der Waals surface area contributed by atoms with Gasteiger partial charge in [-0.25, -0.2) is 0 Å². The van der Waals surface area contributed by atoms with Gasteiger partial charge in [0, 0.05) is 24.1 Å². The molecule has 1 aromatic carbocycles. The minimum absolute atomic E-state index is 0.626. The standard InChI is InChI=1S/C18H23N3/c1-13-5-7-14(8-6-13)18-16-9-11-19-12-10-17(16)20-21(18)15-3-2-4-15/h5-8,15,19H,2-4,9-12H2,1H3. The van der Waals surface area contributed by atoms with Crippen molar-refractivity contribution in [3.63, 3.8) is 0 Å². The zero-order valence-electron chi connectivity index (χ0n) is 12.7.